The van der Waals surface area contributed by atoms with Gasteiger partial charge in [-0.3, -0.25) is 9.69 Å². The predicted octanol–water partition coefficient (Wildman–Crippen LogP) is 1.10. The average Bonchev–Trinajstić information content (AvgIpc) is 3.10. The molecule has 1 aromatic rings. The summed E-state index contributed by atoms with van der Waals surface area (Å²) in [7, 11) is -3.28. The molecule has 0 saturated carbocycles. The van der Waals surface area contributed by atoms with Crippen LogP contribution in [0.25, 0.3) is 0 Å². The van der Waals surface area contributed by atoms with Crippen molar-refractivity contribution in [1.29, 1.82) is 0 Å². The number of carbonyl (C=O) groups excluding carboxylic acids is 2. The fourth-order valence-corrected chi connectivity index (χ4v) is 4.40. The van der Waals surface area contributed by atoms with E-state index in [0.29, 0.717) is 44.5 Å². The van der Waals surface area contributed by atoms with Gasteiger partial charge < -0.3 is 19.7 Å². The van der Waals surface area contributed by atoms with Gasteiger partial charge in [0, 0.05) is 45.6 Å². The molecule has 0 radical (unpaired) electrons. The van der Waals surface area contributed by atoms with Gasteiger partial charge in [-0.2, -0.15) is 0 Å². The molecule has 3 heterocycles. The van der Waals surface area contributed by atoms with Crippen molar-refractivity contribution >= 4 is 27.8 Å². The van der Waals surface area contributed by atoms with E-state index in [1.165, 1.54) is 23.3 Å². The van der Waals surface area contributed by atoms with Crippen molar-refractivity contribution in [1.82, 2.24) is 15.1 Å². The summed E-state index contributed by atoms with van der Waals surface area (Å²) in [6.07, 6.45) is 4.31. The van der Waals surface area contributed by atoms with Gasteiger partial charge >= 0.3 is 12.1 Å². The average molecular weight is 463 g/mol. The topological polar surface area (TPSA) is 118 Å². The fourth-order valence-electron chi connectivity index (χ4n) is 3.77. The number of amides is 3. The first kappa shape index (κ1) is 22.3. The number of aliphatic imine (C=N–C) groups is 1. The van der Waals surface area contributed by atoms with Gasteiger partial charge in [0.25, 0.3) is 5.91 Å². The summed E-state index contributed by atoms with van der Waals surface area (Å²) in [6, 6.07) is 5.99. The van der Waals surface area contributed by atoms with Crippen LogP contribution < -0.4 is 5.32 Å². The van der Waals surface area contributed by atoms with E-state index in [9.17, 15) is 18.0 Å². The molecule has 3 aliphatic rings. The van der Waals surface area contributed by atoms with Crippen molar-refractivity contribution in [2.45, 2.75) is 24.3 Å². The first-order valence-electron chi connectivity index (χ1n) is 10.5. The number of benzene rings is 1. The Balaban J connectivity index is 1.36. The van der Waals surface area contributed by atoms with E-state index in [2.05, 4.69) is 10.3 Å². The Hall–Kier alpha value is -2.92. The molecule has 10 nitrogen and oxygen atoms in total. The third kappa shape index (κ3) is 5.10. The zero-order chi connectivity index (χ0) is 22.7. The van der Waals surface area contributed by atoms with E-state index in [0.717, 1.165) is 24.7 Å². The Morgan fingerprint density at radius 1 is 1.19 bits per heavy atom. The highest BCUT2D eigenvalue weighted by atomic mass is 32.2. The number of hydrogen-bond donors (Lipinski definition) is 1. The van der Waals surface area contributed by atoms with Crippen LogP contribution in [0.15, 0.2) is 46.1 Å². The summed E-state index contributed by atoms with van der Waals surface area (Å²) in [5.74, 6) is 0.123. The maximum absolute atomic E-state index is 12.7. The smallest absolute Gasteiger partial charge is 0.348 e. The van der Waals surface area contributed by atoms with Crippen molar-refractivity contribution in [3.8, 4) is 0 Å². The Labute approximate surface area is 186 Å². The van der Waals surface area contributed by atoms with Gasteiger partial charge in [-0.1, -0.05) is 12.1 Å². The molecule has 0 atom stereocenters. The van der Waals surface area contributed by atoms with E-state index in [-0.39, 0.29) is 23.4 Å². The van der Waals surface area contributed by atoms with Crippen LogP contribution in [-0.4, -0.2) is 75.3 Å². The van der Waals surface area contributed by atoms with Gasteiger partial charge in [-0.25, -0.2) is 13.2 Å². The summed E-state index contributed by atoms with van der Waals surface area (Å²) in [6.45, 7) is 2.93. The molecule has 3 amide bonds. The number of ether oxygens (including phenoxy) is 2. The number of sulfone groups is 1. The highest BCUT2D eigenvalue weighted by Gasteiger charge is 2.34. The number of hydrogen-bond acceptors (Lipinski definition) is 7. The molecule has 32 heavy (non-hydrogen) atoms. The number of nitrogens with zero attached hydrogens (tertiary/aromatic N) is 3. The maximum atomic E-state index is 12.7. The molecular weight excluding hydrogens is 436 g/mol. The van der Waals surface area contributed by atoms with Crippen LogP contribution in [0, 0.1) is 5.92 Å². The molecule has 1 aromatic carbocycles. The highest BCUT2D eigenvalue weighted by Crippen LogP contribution is 2.21. The summed E-state index contributed by atoms with van der Waals surface area (Å²) >= 11 is 0. The summed E-state index contributed by atoms with van der Waals surface area (Å²) in [4.78, 5) is 32.7. The van der Waals surface area contributed by atoms with Crippen LogP contribution in [0.4, 0.5) is 4.79 Å². The molecule has 1 N–H and O–H groups in total. The number of amidine groups is 1. The number of nitrogens with one attached hydrogen (secondary N) is 1. The number of fused-ring (bicyclic) bond motifs is 1. The van der Waals surface area contributed by atoms with Gasteiger partial charge in [-0.05, 0) is 36.5 Å². The van der Waals surface area contributed by atoms with Gasteiger partial charge in [-0.15, -0.1) is 4.99 Å². The van der Waals surface area contributed by atoms with Gasteiger partial charge in [0.2, 0.25) is 0 Å². The van der Waals surface area contributed by atoms with Crippen LogP contribution in [-0.2, 0) is 30.7 Å². The SMILES string of the molecule is CS(=O)(=O)c1ccc(CN2CCN3C(C(=O)NCC4CCOCC4)=COC3=NC2=O)cc1. The second-order valence-corrected chi connectivity index (χ2v) is 10.1. The van der Waals surface area contributed by atoms with Gasteiger partial charge in [0.05, 0.1) is 4.90 Å². The lowest BCUT2D eigenvalue weighted by Crippen LogP contribution is -2.40. The molecule has 3 aliphatic heterocycles. The van der Waals surface area contributed by atoms with Crippen molar-refractivity contribution < 1.29 is 27.5 Å². The second kappa shape index (κ2) is 9.29. The standard InChI is InChI=1S/C21H26N4O6S/c1-32(28,29)17-4-2-16(3-5-17)13-24-8-9-25-18(14-31-21(25)23-20(24)27)19(26)22-12-15-6-10-30-11-7-15/h2-5,14-15H,6-13H2,1H3,(H,22,26). The van der Waals surface area contributed by atoms with E-state index in [1.54, 1.807) is 17.0 Å². The summed E-state index contributed by atoms with van der Waals surface area (Å²) in [5.41, 5.74) is 1.10. The highest BCUT2D eigenvalue weighted by molar-refractivity contribution is 7.90. The van der Waals surface area contributed by atoms with Crippen LogP contribution in [0.2, 0.25) is 0 Å². The molecule has 11 heteroatoms. The van der Waals surface area contributed by atoms with Gasteiger partial charge in [0.15, 0.2) is 9.84 Å². The zero-order valence-electron chi connectivity index (χ0n) is 17.8. The fraction of sp³-hybridized carbons (Fsp3) is 0.476. The third-order valence-electron chi connectivity index (χ3n) is 5.70. The summed E-state index contributed by atoms with van der Waals surface area (Å²) in [5, 5.41) is 2.94. The van der Waals surface area contributed by atoms with Crippen molar-refractivity contribution in [3.63, 3.8) is 0 Å². The minimum absolute atomic E-state index is 0.0844. The lowest BCUT2D eigenvalue weighted by atomic mass is 10.0. The summed E-state index contributed by atoms with van der Waals surface area (Å²) < 4.78 is 34.0. The first-order chi connectivity index (χ1) is 15.3. The van der Waals surface area contributed by atoms with Crippen molar-refractivity contribution in [2.75, 3.05) is 39.1 Å². The number of urea groups is 1. The molecule has 1 saturated heterocycles. The zero-order valence-corrected chi connectivity index (χ0v) is 18.6. The molecular formula is C21H26N4O6S. The second-order valence-electron chi connectivity index (χ2n) is 8.05. The Morgan fingerprint density at radius 3 is 2.59 bits per heavy atom. The normalized spacial score (nSPS) is 19.6. The van der Waals surface area contributed by atoms with E-state index < -0.39 is 15.9 Å². The molecule has 0 aliphatic carbocycles. The Kier molecular flexibility index (Phi) is 6.47. The molecule has 0 aromatic heterocycles. The van der Waals surface area contributed by atoms with E-state index >= 15 is 0 Å². The third-order valence-corrected chi connectivity index (χ3v) is 6.83. The van der Waals surface area contributed by atoms with Crippen molar-refractivity contribution in [2.24, 2.45) is 10.9 Å². The largest absolute Gasteiger partial charge is 0.431 e. The van der Waals surface area contributed by atoms with E-state index in [4.69, 9.17) is 9.47 Å². The maximum Gasteiger partial charge on any atom is 0.348 e. The molecule has 172 valence electrons. The monoisotopic (exact) mass is 462 g/mol. The first-order valence-corrected chi connectivity index (χ1v) is 12.4. The van der Waals surface area contributed by atoms with Crippen molar-refractivity contribution in [3.05, 3.63) is 41.8 Å². The van der Waals surface area contributed by atoms with Crippen LogP contribution in [0.5, 0.6) is 0 Å². The molecule has 0 spiro atoms. The minimum Gasteiger partial charge on any atom is -0.431 e. The van der Waals surface area contributed by atoms with Crippen LogP contribution in [0.3, 0.4) is 0 Å². The Morgan fingerprint density at radius 2 is 1.91 bits per heavy atom. The van der Waals surface area contributed by atoms with Gasteiger partial charge in [0.1, 0.15) is 12.0 Å². The lowest BCUT2D eigenvalue weighted by Gasteiger charge is -2.24. The molecule has 4 rings (SSSR count). The molecule has 0 bridgehead atoms. The quantitative estimate of drug-likeness (QED) is 0.673. The Bertz CT molecular complexity index is 1040. The molecule has 1 fully saturated rings. The predicted molar refractivity (Wildman–Crippen MR) is 115 cm³/mol. The minimum atomic E-state index is -3.28. The van der Waals surface area contributed by atoms with Crippen LogP contribution in [0.1, 0.15) is 18.4 Å². The number of rotatable bonds is 6. The number of carbonyl (C=O) groups is 2. The van der Waals surface area contributed by atoms with Crippen LogP contribution >= 0.6 is 0 Å². The molecule has 0 unspecified atom stereocenters. The van der Waals surface area contributed by atoms with E-state index in [1.807, 2.05) is 0 Å². The lowest BCUT2D eigenvalue weighted by molar-refractivity contribution is -0.118.